The van der Waals surface area contributed by atoms with Crippen LogP contribution >= 0.6 is 0 Å². The van der Waals surface area contributed by atoms with Crippen LogP contribution in [0.4, 0.5) is 4.79 Å². The largest absolute Gasteiger partial charge is 0.330 e. The second-order valence-corrected chi connectivity index (χ2v) is 5.96. The third kappa shape index (κ3) is 4.08. The molecule has 2 heterocycles. The molecule has 1 atom stereocenters. The molecule has 19 heavy (non-hydrogen) atoms. The van der Waals surface area contributed by atoms with Gasteiger partial charge in [-0.25, -0.2) is 4.79 Å². The zero-order chi connectivity index (χ0) is 13.7. The van der Waals surface area contributed by atoms with Crippen molar-refractivity contribution in [1.29, 1.82) is 0 Å². The topological polar surface area (TPSA) is 52.8 Å². The number of carbonyl (C=O) groups excluding carboxylic acids is 1. The summed E-state index contributed by atoms with van der Waals surface area (Å²) in [6.45, 7) is 9.60. The third-order valence-electron chi connectivity index (χ3n) is 4.24. The number of likely N-dealkylation sites (tertiary alicyclic amines) is 1. The monoisotopic (exact) mass is 268 g/mol. The fraction of sp³-hybridized carbons (Fsp3) is 0.929. The Hall–Kier alpha value is -0.810. The SMILES string of the molecule is CC(CN)CN1CCN(C(=O)N2CCCCC2)CC1. The Bertz CT molecular complexity index is 283. The van der Waals surface area contributed by atoms with Crippen LogP contribution in [0.3, 0.4) is 0 Å². The number of piperazine rings is 1. The number of amides is 2. The molecule has 2 aliphatic heterocycles. The lowest BCUT2D eigenvalue weighted by molar-refractivity contribution is 0.102. The van der Waals surface area contributed by atoms with Gasteiger partial charge in [-0.05, 0) is 31.7 Å². The van der Waals surface area contributed by atoms with Crippen LogP contribution in [0.2, 0.25) is 0 Å². The van der Waals surface area contributed by atoms with Gasteiger partial charge in [-0.3, -0.25) is 4.90 Å². The van der Waals surface area contributed by atoms with Crippen LogP contribution in [0, 0.1) is 5.92 Å². The van der Waals surface area contributed by atoms with Crippen molar-refractivity contribution >= 4 is 6.03 Å². The fourth-order valence-electron chi connectivity index (χ4n) is 2.92. The van der Waals surface area contributed by atoms with Crippen LogP contribution in [0.1, 0.15) is 26.2 Å². The summed E-state index contributed by atoms with van der Waals surface area (Å²) in [6, 6.07) is 0.256. The van der Waals surface area contributed by atoms with E-state index in [1.54, 1.807) is 0 Å². The molecule has 0 aliphatic carbocycles. The maximum Gasteiger partial charge on any atom is 0.320 e. The molecule has 0 aromatic rings. The van der Waals surface area contributed by atoms with Gasteiger partial charge in [0.25, 0.3) is 0 Å². The number of rotatable bonds is 3. The van der Waals surface area contributed by atoms with Crippen molar-refractivity contribution in [2.24, 2.45) is 11.7 Å². The molecule has 0 radical (unpaired) electrons. The zero-order valence-corrected chi connectivity index (χ0v) is 12.2. The van der Waals surface area contributed by atoms with Crippen molar-refractivity contribution in [3.05, 3.63) is 0 Å². The lowest BCUT2D eigenvalue weighted by Gasteiger charge is -2.39. The highest BCUT2D eigenvalue weighted by Crippen LogP contribution is 2.13. The van der Waals surface area contributed by atoms with Gasteiger partial charge in [0, 0.05) is 45.8 Å². The quantitative estimate of drug-likeness (QED) is 0.824. The van der Waals surface area contributed by atoms with Crippen LogP contribution in [-0.2, 0) is 0 Å². The molecule has 2 amide bonds. The first-order chi connectivity index (χ1) is 9.20. The highest BCUT2D eigenvalue weighted by Gasteiger charge is 2.26. The van der Waals surface area contributed by atoms with E-state index < -0.39 is 0 Å². The summed E-state index contributed by atoms with van der Waals surface area (Å²) in [6.07, 6.45) is 3.61. The van der Waals surface area contributed by atoms with Crippen molar-refractivity contribution in [2.75, 3.05) is 52.4 Å². The normalized spacial score (nSPS) is 23.5. The fourth-order valence-corrected chi connectivity index (χ4v) is 2.92. The van der Waals surface area contributed by atoms with Crippen molar-refractivity contribution in [3.63, 3.8) is 0 Å². The molecule has 110 valence electrons. The molecule has 2 fully saturated rings. The summed E-state index contributed by atoms with van der Waals surface area (Å²) < 4.78 is 0. The molecule has 5 heteroatoms. The molecule has 0 spiro atoms. The first-order valence-corrected chi connectivity index (χ1v) is 7.67. The van der Waals surface area contributed by atoms with Gasteiger partial charge in [-0.15, -0.1) is 0 Å². The minimum Gasteiger partial charge on any atom is -0.330 e. The van der Waals surface area contributed by atoms with E-state index >= 15 is 0 Å². The van der Waals surface area contributed by atoms with Crippen LogP contribution in [0.25, 0.3) is 0 Å². The van der Waals surface area contributed by atoms with Gasteiger partial charge in [0.05, 0.1) is 0 Å². The minimum atomic E-state index is 0.256. The highest BCUT2D eigenvalue weighted by molar-refractivity contribution is 5.74. The summed E-state index contributed by atoms with van der Waals surface area (Å²) in [4.78, 5) is 18.8. The minimum absolute atomic E-state index is 0.256. The first kappa shape index (κ1) is 14.6. The molecule has 1 unspecified atom stereocenters. The van der Waals surface area contributed by atoms with E-state index in [4.69, 9.17) is 5.73 Å². The molecule has 5 nitrogen and oxygen atoms in total. The van der Waals surface area contributed by atoms with Gasteiger partial charge < -0.3 is 15.5 Å². The van der Waals surface area contributed by atoms with E-state index in [1.807, 2.05) is 9.80 Å². The predicted molar refractivity (Wildman–Crippen MR) is 77.1 cm³/mol. The summed E-state index contributed by atoms with van der Waals surface area (Å²) >= 11 is 0. The Labute approximate surface area is 116 Å². The van der Waals surface area contributed by atoms with Crippen molar-refractivity contribution in [1.82, 2.24) is 14.7 Å². The number of hydrogen-bond acceptors (Lipinski definition) is 3. The standard InChI is InChI=1S/C14H28N4O/c1-13(11-15)12-16-7-9-18(10-8-16)14(19)17-5-3-2-4-6-17/h13H,2-12,15H2,1H3. The summed E-state index contributed by atoms with van der Waals surface area (Å²) in [5, 5.41) is 0. The second-order valence-electron chi connectivity index (χ2n) is 5.96. The Kier molecular flexibility index (Phi) is 5.45. The summed E-state index contributed by atoms with van der Waals surface area (Å²) in [5.41, 5.74) is 5.66. The molecule has 2 aliphatic rings. The molecule has 0 aromatic heterocycles. The Balaban J connectivity index is 1.74. The van der Waals surface area contributed by atoms with Gasteiger partial charge in [0.15, 0.2) is 0 Å². The van der Waals surface area contributed by atoms with Gasteiger partial charge >= 0.3 is 6.03 Å². The van der Waals surface area contributed by atoms with Crippen LogP contribution in [0.5, 0.6) is 0 Å². The van der Waals surface area contributed by atoms with Crippen molar-refractivity contribution in [3.8, 4) is 0 Å². The van der Waals surface area contributed by atoms with E-state index in [1.165, 1.54) is 19.3 Å². The molecule has 0 bridgehead atoms. The third-order valence-corrected chi connectivity index (χ3v) is 4.24. The Morgan fingerprint density at radius 1 is 1.00 bits per heavy atom. The van der Waals surface area contributed by atoms with E-state index in [9.17, 15) is 4.79 Å². The molecular weight excluding hydrogens is 240 g/mol. The smallest absolute Gasteiger partial charge is 0.320 e. The lowest BCUT2D eigenvalue weighted by Crippen LogP contribution is -2.54. The van der Waals surface area contributed by atoms with E-state index in [0.717, 1.165) is 52.4 Å². The van der Waals surface area contributed by atoms with Crippen molar-refractivity contribution < 1.29 is 4.79 Å². The van der Waals surface area contributed by atoms with Crippen molar-refractivity contribution in [2.45, 2.75) is 26.2 Å². The van der Waals surface area contributed by atoms with Gasteiger partial charge in [-0.2, -0.15) is 0 Å². The maximum atomic E-state index is 12.4. The number of urea groups is 1. The molecule has 2 N–H and O–H groups in total. The second kappa shape index (κ2) is 7.10. The van der Waals surface area contributed by atoms with Gasteiger partial charge in [-0.1, -0.05) is 6.92 Å². The lowest BCUT2D eigenvalue weighted by atomic mass is 10.1. The number of nitrogens with zero attached hydrogens (tertiary/aromatic N) is 3. The average molecular weight is 268 g/mol. The summed E-state index contributed by atoms with van der Waals surface area (Å²) in [7, 11) is 0. The first-order valence-electron chi connectivity index (χ1n) is 7.67. The average Bonchev–Trinajstić information content (AvgIpc) is 2.48. The highest BCUT2D eigenvalue weighted by atomic mass is 16.2. The number of hydrogen-bond donors (Lipinski definition) is 1. The molecule has 2 saturated heterocycles. The molecule has 2 rings (SSSR count). The Morgan fingerprint density at radius 2 is 1.58 bits per heavy atom. The number of piperidine rings is 1. The van der Waals surface area contributed by atoms with Gasteiger partial charge in [0.2, 0.25) is 0 Å². The van der Waals surface area contributed by atoms with E-state index in [0.29, 0.717) is 5.92 Å². The van der Waals surface area contributed by atoms with Gasteiger partial charge in [0.1, 0.15) is 0 Å². The number of nitrogens with two attached hydrogens (primary N) is 1. The van der Waals surface area contributed by atoms with E-state index in [2.05, 4.69) is 11.8 Å². The van der Waals surface area contributed by atoms with Crippen LogP contribution < -0.4 is 5.73 Å². The predicted octanol–water partition coefficient (Wildman–Crippen LogP) is 0.805. The van der Waals surface area contributed by atoms with Crippen LogP contribution in [0.15, 0.2) is 0 Å². The van der Waals surface area contributed by atoms with Crippen LogP contribution in [-0.4, -0.2) is 73.1 Å². The molecule has 0 aromatic carbocycles. The molecule has 0 saturated carbocycles. The molecular formula is C14H28N4O. The summed E-state index contributed by atoms with van der Waals surface area (Å²) in [5.74, 6) is 0.546. The van der Waals surface area contributed by atoms with E-state index in [-0.39, 0.29) is 6.03 Å². The zero-order valence-electron chi connectivity index (χ0n) is 12.2. The maximum absolute atomic E-state index is 12.4. The Morgan fingerprint density at radius 3 is 2.16 bits per heavy atom. The number of carbonyl (C=O) groups is 1.